The lowest BCUT2D eigenvalue weighted by atomic mass is 9.98. The molecule has 130 valence electrons. The highest BCUT2D eigenvalue weighted by atomic mass is 16.7. The third-order valence-electron chi connectivity index (χ3n) is 4.71. The molecule has 3 heteroatoms. The van der Waals surface area contributed by atoms with E-state index < -0.39 is 0 Å². The number of rotatable bonds is 9. The second-order valence-corrected chi connectivity index (χ2v) is 6.57. The smallest absolute Gasteiger partial charge is 0.197 e. The fourth-order valence-corrected chi connectivity index (χ4v) is 3.00. The van der Waals surface area contributed by atoms with Gasteiger partial charge in [-0.2, -0.15) is 0 Å². The Morgan fingerprint density at radius 3 is 2.35 bits per heavy atom. The summed E-state index contributed by atoms with van der Waals surface area (Å²) < 4.78 is 17.3. The Bertz CT molecular complexity index is 423. The molecule has 0 heterocycles. The van der Waals surface area contributed by atoms with Crippen LogP contribution in [0.15, 0.2) is 24.3 Å². The average molecular weight is 320 g/mol. The zero-order chi connectivity index (χ0) is 16.5. The van der Waals surface area contributed by atoms with E-state index >= 15 is 0 Å². The molecule has 0 aromatic heterocycles. The van der Waals surface area contributed by atoms with Crippen LogP contribution in [0.2, 0.25) is 0 Å². The second-order valence-electron chi connectivity index (χ2n) is 6.57. The molecule has 1 aromatic carbocycles. The van der Waals surface area contributed by atoms with Gasteiger partial charge >= 0.3 is 0 Å². The molecule has 0 aliphatic heterocycles. The molecule has 0 saturated heterocycles. The van der Waals surface area contributed by atoms with Gasteiger partial charge in [0.25, 0.3) is 0 Å². The maximum absolute atomic E-state index is 5.86. The zero-order valence-electron chi connectivity index (χ0n) is 14.9. The molecule has 2 atom stereocenters. The minimum Gasteiger partial charge on any atom is -0.465 e. The number of ether oxygens (including phenoxy) is 3. The molecule has 1 aliphatic carbocycles. The summed E-state index contributed by atoms with van der Waals surface area (Å²) in [6, 6.07) is 8.34. The van der Waals surface area contributed by atoms with Gasteiger partial charge in [-0.3, -0.25) is 0 Å². The summed E-state index contributed by atoms with van der Waals surface area (Å²) in [6.07, 6.45) is 7.71. The van der Waals surface area contributed by atoms with Crippen LogP contribution in [0.25, 0.3) is 0 Å². The predicted octanol–water partition coefficient (Wildman–Crippen LogP) is 5.29. The average Bonchev–Trinajstić information content (AvgIpc) is 2.59. The molecule has 0 N–H and O–H groups in total. The van der Waals surface area contributed by atoms with Crippen molar-refractivity contribution in [3.63, 3.8) is 0 Å². The lowest BCUT2D eigenvalue weighted by Gasteiger charge is -2.22. The first-order valence-corrected chi connectivity index (χ1v) is 9.19. The van der Waals surface area contributed by atoms with Crippen molar-refractivity contribution < 1.29 is 14.2 Å². The third kappa shape index (κ3) is 6.52. The molecule has 23 heavy (non-hydrogen) atoms. The standard InChI is InChI=1S/C20H32O3/c1-4-16(2)18-10-12-20(13-11-18)23-17(3)21-14-15-22-19-8-6-5-7-9-19/h10-13,16-17,19H,4-9,14-15H2,1-3H3. The molecule has 0 radical (unpaired) electrons. The quantitative estimate of drug-likeness (QED) is 0.457. The van der Waals surface area contributed by atoms with E-state index in [1.165, 1.54) is 37.7 Å². The Hall–Kier alpha value is -1.06. The molecular formula is C20H32O3. The van der Waals surface area contributed by atoms with E-state index in [1.54, 1.807) is 0 Å². The van der Waals surface area contributed by atoms with Crippen molar-refractivity contribution in [1.82, 2.24) is 0 Å². The first kappa shape index (κ1) is 18.3. The summed E-state index contributed by atoms with van der Waals surface area (Å²) in [4.78, 5) is 0. The molecule has 2 unspecified atom stereocenters. The predicted molar refractivity (Wildman–Crippen MR) is 94.0 cm³/mol. The van der Waals surface area contributed by atoms with Crippen LogP contribution in [-0.4, -0.2) is 25.6 Å². The van der Waals surface area contributed by atoms with E-state index in [0.29, 0.717) is 25.2 Å². The van der Waals surface area contributed by atoms with Crippen LogP contribution in [0.5, 0.6) is 5.75 Å². The first-order valence-electron chi connectivity index (χ1n) is 9.19. The van der Waals surface area contributed by atoms with Crippen molar-refractivity contribution in [2.45, 2.75) is 77.6 Å². The fourth-order valence-electron chi connectivity index (χ4n) is 3.00. The Labute approximate surface area is 141 Å². The molecule has 0 spiro atoms. The summed E-state index contributed by atoms with van der Waals surface area (Å²) in [7, 11) is 0. The van der Waals surface area contributed by atoms with E-state index in [9.17, 15) is 0 Å². The second kappa shape index (κ2) is 9.94. The van der Waals surface area contributed by atoms with E-state index in [1.807, 2.05) is 19.1 Å². The summed E-state index contributed by atoms with van der Waals surface area (Å²) in [5.74, 6) is 1.45. The van der Waals surface area contributed by atoms with Gasteiger partial charge in [-0.05, 0) is 49.8 Å². The maximum atomic E-state index is 5.86. The van der Waals surface area contributed by atoms with E-state index in [4.69, 9.17) is 14.2 Å². The number of hydrogen-bond acceptors (Lipinski definition) is 3. The molecule has 1 saturated carbocycles. The molecule has 0 amide bonds. The van der Waals surface area contributed by atoms with Crippen molar-refractivity contribution in [1.29, 1.82) is 0 Å². The van der Waals surface area contributed by atoms with Gasteiger partial charge in [0.2, 0.25) is 0 Å². The topological polar surface area (TPSA) is 27.7 Å². The summed E-state index contributed by atoms with van der Waals surface area (Å²) in [6.45, 7) is 7.63. The molecular weight excluding hydrogens is 288 g/mol. The Morgan fingerprint density at radius 1 is 1.00 bits per heavy atom. The van der Waals surface area contributed by atoms with Gasteiger partial charge < -0.3 is 14.2 Å². The minimum atomic E-state index is -0.251. The number of benzene rings is 1. The number of hydrogen-bond donors (Lipinski definition) is 0. The van der Waals surface area contributed by atoms with E-state index in [2.05, 4.69) is 26.0 Å². The van der Waals surface area contributed by atoms with Crippen LogP contribution in [0.4, 0.5) is 0 Å². The summed E-state index contributed by atoms with van der Waals surface area (Å²) in [5.41, 5.74) is 1.36. The SMILES string of the molecule is CCC(C)c1ccc(OC(C)OCCOC2CCCCC2)cc1. The lowest BCUT2D eigenvalue weighted by molar-refractivity contribution is -0.0940. The van der Waals surface area contributed by atoms with Crippen LogP contribution in [0.1, 0.15) is 70.8 Å². The summed E-state index contributed by atoms with van der Waals surface area (Å²) >= 11 is 0. The van der Waals surface area contributed by atoms with E-state index in [0.717, 1.165) is 12.2 Å². The minimum absolute atomic E-state index is 0.251. The van der Waals surface area contributed by atoms with Crippen LogP contribution < -0.4 is 4.74 Å². The highest BCUT2D eigenvalue weighted by molar-refractivity contribution is 5.29. The van der Waals surface area contributed by atoms with Crippen molar-refractivity contribution in [2.24, 2.45) is 0 Å². The molecule has 2 rings (SSSR count). The van der Waals surface area contributed by atoms with Crippen molar-refractivity contribution in [2.75, 3.05) is 13.2 Å². The van der Waals surface area contributed by atoms with Crippen LogP contribution in [0, 0.1) is 0 Å². The highest BCUT2D eigenvalue weighted by Crippen LogP contribution is 2.22. The van der Waals surface area contributed by atoms with Gasteiger partial charge in [0.15, 0.2) is 6.29 Å². The van der Waals surface area contributed by atoms with Gasteiger partial charge in [-0.15, -0.1) is 0 Å². The highest BCUT2D eigenvalue weighted by Gasteiger charge is 2.13. The van der Waals surface area contributed by atoms with Crippen molar-refractivity contribution in [3.8, 4) is 5.75 Å². The van der Waals surface area contributed by atoms with Gasteiger partial charge in [-0.25, -0.2) is 0 Å². The third-order valence-corrected chi connectivity index (χ3v) is 4.71. The lowest BCUT2D eigenvalue weighted by Crippen LogP contribution is -2.22. The molecule has 1 aliphatic rings. The van der Waals surface area contributed by atoms with Gasteiger partial charge in [0, 0.05) is 0 Å². The van der Waals surface area contributed by atoms with Crippen LogP contribution >= 0.6 is 0 Å². The Morgan fingerprint density at radius 2 is 1.70 bits per heavy atom. The van der Waals surface area contributed by atoms with Gasteiger partial charge in [0.1, 0.15) is 5.75 Å². The van der Waals surface area contributed by atoms with Crippen LogP contribution in [-0.2, 0) is 9.47 Å². The first-order chi connectivity index (χ1) is 11.2. The molecule has 1 fully saturated rings. The Balaban J connectivity index is 1.63. The van der Waals surface area contributed by atoms with Crippen molar-refractivity contribution >= 4 is 0 Å². The zero-order valence-corrected chi connectivity index (χ0v) is 14.9. The fraction of sp³-hybridized carbons (Fsp3) is 0.700. The molecule has 1 aromatic rings. The largest absolute Gasteiger partial charge is 0.465 e. The van der Waals surface area contributed by atoms with Crippen molar-refractivity contribution in [3.05, 3.63) is 29.8 Å². The van der Waals surface area contributed by atoms with E-state index in [-0.39, 0.29) is 6.29 Å². The van der Waals surface area contributed by atoms with Gasteiger partial charge in [0.05, 0.1) is 19.3 Å². The summed E-state index contributed by atoms with van der Waals surface area (Å²) in [5, 5.41) is 0. The normalized spacial score (nSPS) is 18.6. The van der Waals surface area contributed by atoms with Gasteiger partial charge in [-0.1, -0.05) is 45.2 Å². The molecule has 3 nitrogen and oxygen atoms in total. The molecule has 0 bridgehead atoms. The Kier molecular flexibility index (Phi) is 7.90. The monoisotopic (exact) mass is 320 g/mol. The van der Waals surface area contributed by atoms with Crippen LogP contribution in [0.3, 0.4) is 0 Å². The maximum Gasteiger partial charge on any atom is 0.197 e.